The number of aryl methyl sites for hydroxylation is 2. The Hall–Kier alpha value is -2.49. The van der Waals surface area contributed by atoms with E-state index in [4.69, 9.17) is 4.74 Å². The fourth-order valence-electron chi connectivity index (χ4n) is 4.23. The van der Waals surface area contributed by atoms with Crippen molar-refractivity contribution >= 4 is 33.1 Å². The summed E-state index contributed by atoms with van der Waals surface area (Å²) in [5.74, 6) is -0.566. The molecule has 9 heteroatoms. The molecule has 0 amide bonds. The summed E-state index contributed by atoms with van der Waals surface area (Å²) in [6, 6.07) is 7.80. The van der Waals surface area contributed by atoms with Crippen LogP contribution in [0, 0.1) is 19.3 Å². The summed E-state index contributed by atoms with van der Waals surface area (Å²) in [6.07, 6.45) is 2.85. The van der Waals surface area contributed by atoms with Crippen molar-refractivity contribution in [2.24, 2.45) is 5.41 Å². The van der Waals surface area contributed by atoms with Crippen molar-refractivity contribution < 1.29 is 27.9 Å². The van der Waals surface area contributed by atoms with Crippen LogP contribution in [0.4, 0.5) is 0 Å². The minimum atomic E-state index is -4.02. The third-order valence-corrected chi connectivity index (χ3v) is 10.6. The van der Waals surface area contributed by atoms with Crippen molar-refractivity contribution in [1.29, 1.82) is 0 Å². The van der Waals surface area contributed by atoms with Gasteiger partial charge in [-0.15, -0.1) is 17.9 Å². The highest BCUT2D eigenvalue weighted by Gasteiger charge is 2.36. The number of hydrogen-bond donors (Lipinski definition) is 1. The highest BCUT2D eigenvalue weighted by atomic mass is 32.2. The number of sulfonamides is 1. The van der Waals surface area contributed by atoms with Gasteiger partial charge in [-0.25, -0.2) is 8.42 Å². The topological polar surface area (TPSA) is 101 Å². The van der Waals surface area contributed by atoms with Crippen LogP contribution in [0.3, 0.4) is 0 Å². The lowest BCUT2D eigenvalue weighted by Crippen LogP contribution is -2.35. The van der Waals surface area contributed by atoms with Crippen LogP contribution in [0.2, 0.25) is 0 Å². The largest absolute Gasteiger partial charge is 0.486 e. The summed E-state index contributed by atoms with van der Waals surface area (Å²) in [5.41, 5.74) is 1.59. The molecule has 2 aromatic rings. The van der Waals surface area contributed by atoms with E-state index in [0.29, 0.717) is 11.3 Å². The fraction of sp³-hybridized carbons (Fsp3) is 0.500. The molecule has 37 heavy (non-hydrogen) atoms. The first kappa shape index (κ1) is 30.7. The molecule has 0 spiro atoms. The van der Waals surface area contributed by atoms with E-state index in [0.717, 1.165) is 33.2 Å². The van der Waals surface area contributed by atoms with Crippen molar-refractivity contribution in [1.82, 2.24) is 4.31 Å². The van der Waals surface area contributed by atoms with Gasteiger partial charge in [0, 0.05) is 22.3 Å². The molecule has 0 radical (unpaired) electrons. The molecule has 0 aliphatic carbocycles. The molecular formula is C28H39NO6S2. The van der Waals surface area contributed by atoms with E-state index in [1.54, 1.807) is 6.92 Å². The van der Waals surface area contributed by atoms with E-state index >= 15 is 0 Å². The Labute approximate surface area is 225 Å². The lowest BCUT2D eigenvalue weighted by Gasteiger charge is -2.32. The summed E-state index contributed by atoms with van der Waals surface area (Å²) >= 11 is 1.19. The minimum Gasteiger partial charge on any atom is -0.486 e. The number of benzene rings is 1. The van der Waals surface area contributed by atoms with E-state index in [1.165, 1.54) is 17.4 Å². The van der Waals surface area contributed by atoms with Crippen LogP contribution in [-0.2, 0) is 25.0 Å². The molecule has 0 fully saturated rings. The van der Waals surface area contributed by atoms with Crippen molar-refractivity contribution in [2.45, 2.75) is 70.9 Å². The zero-order valence-corrected chi connectivity index (χ0v) is 24.5. The van der Waals surface area contributed by atoms with Crippen LogP contribution < -0.4 is 4.74 Å². The number of ether oxygens (including phenoxy) is 1. The molecule has 0 atom stereocenters. The Kier molecular flexibility index (Phi) is 9.90. The first-order valence-electron chi connectivity index (χ1n) is 12.3. The van der Waals surface area contributed by atoms with Crippen LogP contribution >= 0.6 is 11.3 Å². The van der Waals surface area contributed by atoms with Crippen molar-refractivity contribution in [3.05, 3.63) is 58.5 Å². The van der Waals surface area contributed by atoms with Gasteiger partial charge in [0.15, 0.2) is 5.78 Å². The molecule has 1 aromatic heterocycles. The number of carbonyl (C=O) groups is 2. The predicted octanol–water partition coefficient (Wildman–Crippen LogP) is 5.73. The van der Waals surface area contributed by atoms with Crippen molar-refractivity contribution in [2.75, 3.05) is 19.7 Å². The number of rotatable bonds is 13. The van der Waals surface area contributed by atoms with Gasteiger partial charge >= 0.3 is 5.97 Å². The Morgan fingerprint density at radius 1 is 1.11 bits per heavy atom. The summed E-state index contributed by atoms with van der Waals surface area (Å²) in [6.45, 7) is 16.3. The molecule has 1 heterocycles. The van der Waals surface area contributed by atoms with E-state index in [2.05, 4.69) is 20.4 Å². The van der Waals surface area contributed by atoms with Gasteiger partial charge < -0.3 is 9.84 Å². The van der Waals surface area contributed by atoms with E-state index in [1.807, 2.05) is 52.0 Å². The Balaban J connectivity index is 2.51. The van der Waals surface area contributed by atoms with Gasteiger partial charge in [-0.3, -0.25) is 9.59 Å². The number of carbonyl (C=O) groups excluding carboxylic acids is 1. The van der Waals surface area contributed by atoms with Crippen LogP contribution in [-0.4, -0.2) is 49.3 Å². The van der Waals surface area contributed by atoms with Gasteiger partial charge in [0.25, 0.3) is 10.0 Å². The SMILES string of the molecule is C=CCN(CC(=O)O)S(=O)(=O)c1sc(C(CC)(CC)c2ccc(OCC(=O)C(C)(C)C)c(C)c2)cc1C. The maximum absolute atomic E-state index is 13.4. The predicted molar refractivity (Wildman–Crippen MR) is 148 cm³/mol. The molecule has 204 valence electrons. The van der Waals surface area contributed by atoms with Crippen LogP contribution in [0.5, 0.6) is 5.75 Å². The number of hydrogen-bond acceptors (Lipinski definition) is 6. The van der Waals surface area contributed by atoms with Gasteiger partial charge in [0.1, 0.15) is 23.1 Å². The monoisotopic (exact) mass is 549 g/mol. The number of nitrogens with zero attached hydrogens (tertiary/aromatic N) is 1. The highest BCUT2D eigenvalue weighted by molar-refractivity contribution is 7.91. The molecule has 0 saturated carbocycles. The quantitative estimate of drug-likeness (QED) is 0.321. The molecule has 1 N–H and O–H groups in total. The molecule has 0 bridgehead atoms. The Morgan fingerprint density at radius 2 is 1.73 bits per heavy atom. The second kappa shape index (κ2) is 11.9. The van der Waals surface area contributed by atoms with Crippen LogP contribution in [0.15, 0.2) is 41.1 Å². The van der Waals surface area contributed by atoms with E-state index in [-0.39, 0.29) is 23.1 Å². The lowest BCUT2D eigenvalue weighted by molar-refractivity contribution is -0.137. The van der Waals surface area contributed by atoms with Crippen LogP contribution in [0.1, 0.15) is 69.0 Å². The zero-order chi connectivity index (χ0) is 28.2. The Morgan fingerprint density at radius 3 is 2.22 bits per heavy atom. The van der Waals surface area contributed by atoms with Crippen molar-refractivity contribution in [3.8, 4) is 5.75 Å². The van der Waals surface area contributed by atoms with Gasteiger partial charge in [-0.2, -0.15) is 4.31 Å². The number of ketones is 1. The number of carboxylic acid groups (broad SMARTS) is 1. The molecule has 7 nitrogen and oxygen atoms in total. The molecule has 0 unspecified atom stereocenters. The standard InChI is InChI=1S/C28H39NO6S2/c1-9-14-29(17-25(31)32)37(33,34)26-20(5)16-24(36-26)28(10-2,11-3)21-12-13-22(19(4)15-21)35-18-23(30)27(6,7)8/h9,12-13,15-16H,1,10-11,14,17-18H2,2-8H3,(H,31,32). The van der Waals surface area contributed by atoms with E-state index < -0.39 is 33.4 Å². The third kappa shape index (κ3) is 6.69. The maximum atomic E-state index is 13.4. The van der Waals surface area contributed by atoms with Gasteiger partial charge in [0.2, 0.25) is 0 Å². The lowest BCUT2D eigenvalue weighted by atomic mass is 9.74. The number of thiophene rings is 1. The van der Waals surface area contributed by atoms with Crippen molar-refractivity contribution in [3.63, 3.8) is 0 Å². The average molecular weight is 550 g/mol. The molecule has 2 rings (SSSR count). The summed E-state index contributed by atoms with van der Waals surface area (Å²) in [4.78, 5) is 24.5. The normalized spacial score (nSPS) is 12.5. The average Bonchev–Trinajstić information content (AvgIpc) is 3.21. The first-order valence-corrected chi connectivity index (χ1v) is 14.6. The van der Waals surface area contributed by atoms with Crippen LogP contribution in [0.25, 0.3) is 0 Å². The number of Topliss-reactive ketones (excluding diaryl/α,β-unsaturated/α-hetero) is 1. The summed E-state index contributed by atoms with van der Waals surface area (Å²) < 4.78 is 33.7. The fourth-order valence-corrected chi connectivity index (χ4v) is 7.78. The van der Waals surface area contributed by atoms with Gasteiger partial charge in [0.05, 0.1) is 0 Å². The molecule has 0 aliphatic rings. The molecule has 1 aromatic carbocycles. The van der Waals surface area contributed by atoms with Gasteiger partial charge in [-0.1, -0.05) is 52.8 Å². The molecule has 0 saturated heterocycles. The summed E-state index contributed by atoms with van der Waals surface area (Å²) in [7, 11) is -4.02. The van der Waals surface area contributed by atoms with Gasteiger partial charge in [-0.05, 0) is 55.5 Å². The Bertz CT molecular complexity index is 1250. The van der Waals surface area contributed by atoms with E-state index in [9.17, 15) is 23.1 Å². The summed E-state index contributed by atoms with van der Waals surface area (Å²) in [5, 5.41) is 9.24. The highest BCUT2D eigenvalue weighted by Crippen LogP contribution is 2.45. The second-order valence-corrected chi connectivity index (χ2v) is 13.5. The third-order valence-electron chi connectivity index (χ3n) is 6.69. The second-order valence-electron chi connectivity index (χ2n) is 10.3. The number of carboxylic acids is 1. The maximum Gasteiger partial charge on any atom is 0.318 e. The first-order chi connectivity index (χ1) is 17.1. The number of aliphatic carboxylic acids is 1. The smallest absolute Gasteiger partial charge is 0.318 e. The zero-order valence-electron chi connectivity index (χ0n) is 22.9. The molecule has 0 aliphatic heterocycles. The minimum absolute atomic E-state index is 0.000719. The molecular weight excluding hydrogens is 510 g/mol.